The zero-order valence-corrected chi connectivity index (χ0v) is 15.1. The molecular weight excluding hydrogens is 370 g/mol. The number of esters is 1. The number of amides is 1. The second kappa shape index (κ2) is 8.41. The second-order valence-electron chi connectivity index (χ2n) is 5.69. The first kappa shape index (κ1) is 18.5. The molecule has 2 aromatic heterocycles. The highest BCUT2D eigenvalue weighted by molar-refractivity contribution is 6.30. The first-order chi connectivity index (χ1) is 13.0. The number of pyridine rings is 1. The Morgan fingerprint density at radius 2 is 2.00 bits per heavy atom. The van der Waals surface area contributed by atoms with E-state index in [2.05, 4.69) is 20.4 Å². The van der Waals surface area contributed by atoms with Gasteiger partial charge < -0.3 is 10.1 Å². The van der Waals surface area contributed by atoms with Crippen molar-refractivity contribution in [2.75, 3.05) is 5.32 Å². The number of nitrogens with zero attached hydrogens (tertiary/aromatic N) is 4. The molecule has 2 heterocycles. The van der Waals surface area contributed by atoms with E-state index < -0.39 is 18.0 Å². The molecular formula is C18H16ClN5O3. The molecule has 1 aromatic carbocycles. The van der Waals surface area contributed by atoms with Crippen LogP contribution >= 0.6 is 11.6 Å². The number of hydrogen-bond donors (Lipinski definition) is 1. The maximum atomic E-state index is 12.2. The summed E-state index contributed by atoms with van der Waals surface area (Å²) in [6.45, 7) is 2.03. The molecule has 0 radical (unpaired) electrons. The van der Waals surface area contributed by atoms with Gasteiger partial charge in [0.2, 0.25) is 0 Å². The summed E-state index contributed by atoms with van der Waals surface area (Å²) in [7, 11) is 0. The van der Waals surface area contributed by atoms with Gasteiger partial charge in [-0.1, -0.05) is 23.7 Å². The Morgan fingerprint density at radius 1 is 1.22 bits per heavy atom. The van der Waals surface area contributed by atoms with E-state index in [1.807, 2.05) is 0 Å². The molecule has 1 N–H and O–H groups in total. The summed E-state index contributed by atoms with van der Waals surface area (Å²) in [5, 5.41) is 7.04. The van der Waals surface area contributed by atoms with Gasteiger partial charge in [0.15, 0.2) is 6.10 Å². The lowest BCUT2D eigenvalue weighted by Gasteiger charge is -2.13. The molecule has 0 saturated heterocycles. The van der Waals surface area contributed by atoms with E-state index >= 15 is 0 Å². The van der Waals surface area contributed by atoms with Crippen LogP contribution in [0.1, 0.15) is 22.8 Å². The highest BCUT2D eigenvalue weighted by Crippen LogP contribution is 2.12. The standard InChI is InChI=1S/C18H16ClN5O3/c1-12(17(25)23-16-7-6-15(19)8-21-16)27-18(26)14-4-2-13(3-5-14)9-24-11-20-10-22-24/h2-8,10-12H,9H2,1H3,(H,21,23,25). The van der Waals surface area contributed by atoms with Crippen LogP contribution in [0.5, 0.6) is 0 Å². The number of carbonyl (C=O) groups excluding carboxylic acids is 2. The zero-order chi connectivity index (χ0) is 19.2. The molecule has 0 saturated carbocycles. The molecule has 0 aliphatic heterocycles. The summed E-state index contributed by atoms with van der Waals surface area (Å²) >= 11 is 5.75. The fourth-order valence-electron chi connectivity index (χ4n) is 2.21. The van der Waals surface area contributed by atoms with Gasteiger partial charge in [0.1, 0.15) is 18.5 Å². The van der Waals surface area contributed by atoms with E-state index in [1.165, 1.54) is 19.4 Å². The molecule has 1 atom stereocenters. The van der Waals surface area contributed by atoms with Crippen LogP contribution in [0.15, 0.2) is 55.2 Å². The smallest absolute Gasteiger partial charge is 0.338 e. The van der Waals surface area contributed by atoms with E-state index in [9.17, 15) is 9.59 Å². The van der Waals surface area contributed by atoms with Gasteiger partial charge in [-0.2, -0.15) is 5.10 Å². The molecule has 0 aliphatic carbocycles. The maximum Gasteiger partial charge on any atom is 0.338 e. The third-order valence-electron chi connectivity index (χ3n) is 3.63. The minimum atomic E-state index is -0.982. The molecule has 0 spiro atoms. The Hall–Kier alpha value is -3.26. The van der Waals surface area contributed by atoms with Gasteiger partial charge >= 0.3 is 5.97 Å². The quantitative estimate of drug-likeness (QED) is 0.655. The fraction of sp³-hybridized carbons (Fsp3) is 0.167. The molecule has 1 unspecified atom stereocenters. The van der Waals surface area contributed by atoms with E-state index in [0.717, 1.165) is 5.56 Å². The largest absolute Gasteiger partial charge is 0.449 e. The second-order valence-corrected chi connectivity index (χ2v) is 6.12. The fourth-order valence-corrected chi connectivity index (χ4v) is 2.32. The van der Waals surface area contributed by atoms with Crippen LogP contribution < -0.4 is 5.32 Å². The highest BCUT2D eigenvalue weighted by atomic mass is 35.5. The Bertz CT molecular complexity index is 911. The summed E-state index contributed by atoms with van der Waals surface area (Å²) in [6.07, 6.45) is 3.49. The van der Waals surface area contributed by atoms with Gasteiger partial charge in [-0.3, -0.25) is 4.79 Å². The number of nitrogens with one attached hydrogen (secondary N) is 1. The number of rotatable bonds is 6. The van der Waals surface area contributed by atoms with Crippen LogP contribution in [-0.4, -0.2) is 37.7 Å². The number of ether oxygens (including phenoxy) is 1. The lowest BCUT2D eigenvalue weighted by Crippen LogP contribution is -2.30. The van der Waals surface area contributed by atoms with Gasteiger partial charge in [0.25, 0.3) is 5.91 Å². The van der Waals surface area contributed by atoms with Crippen molar-refractivity contribution < 1.29 is 14.3 Å². The molecule has 3 aromatic rings. The zero-order valence-electron chi connectivity index (χ0n) is 14.4. The molecule has 138 valence electrons. The number of hydrogen-bond acceptors (Lipinski definition) is 6. The molecule has 0 aliphatic rings. The van der Waals surface area contributed by atoms with Gasteiger partial charge in [-0.25, -0.2) is 19.4 Å². The van der Waals surface area contributed by atoms with E-state index in [0.29, 0.717) is 22.9 Å². The normalized spacial score (nSPS) is 11.6. The number of halogens is 1. The van der Waals surface area contributed by atoms with Crippen LogP contribution in [0.3, 0.4) is 0 Å². The Kier molecular flexibility index (Phi) is 5.77. The summed E-state index contributed by atoms with van der Waals surface area (Å²) < 4.78 is 6.88. The van der Waals surface area contributed by atoms with E-state index in [4.69, 9.17) is 16.3 Å². The molecule has 0 fully saturated rings. The van der Waals surface area contributed by atoms with Crippen LogP contribution in [0.25, 0.3) is 0 Å². The number of benzene rings is 1. The monoisotopic (exact) mass is 385 g/mol. The Balaban J connectivity index is 1.55. The lowest BCUT2D eigenvalue weighted by molar-refractivity contribution is -0.123. The van der Waals surface area contributed by atoms with Crippen LogP contribution in [0.2, 0.25) is 5.02 Å². The first-order valence-corrected chi connectivity index (χ1v) is 8.44. The SMILES string of the molecule is CC(OC(=O)c1ccc(Cn2cncn2)cc1)C(=O)Nc1ccc(Cl)cn1. The predicted molar refractivity (Wildman–Crippen MR) is 98.3 cm³/mol. The first-order valence-electron chi connectivity index (χ1n) is 8.06. The topological polar surface area (TPSA) is 99.0 Å². The van der Waals surface area contributed by atoms with Gasteiger partial charge in [0, 0.05) is 6.20 Å². The van der Waals surface area contributed by atoms with Crippen molar-refractivity contribution in [3.63, 3.8) is 0 Å². The number of anilines is 1. The molecule has 3 rings (SSSR count). The lowest BCUT2D eigenvalue weighted by atomic mass is 10.1. The van der Waals surface area contributed by atoms with Gasteiger partial charge in [-0.15, -0.1) is 0 Å². The molecule has 9 heteroatoms. The molecule has 1 amide bonds. The van der Waals surface area contributed by atoms with Crippen LogP contribution in [0, 0.1) is 0 Å². The van der Waals surface area contributed by atoms with E-state index in [1.54, 1.807) is 47.4 Å². The minimum absolute atomic E-state index is 0.324. The van der Waals surface area contributed by atoms with Crippen molar-refractivity contribution in [3.05, 3.63) is 71.4 Å². The average Bonchev–Trinajstić information content (AvgIpc) is 3.17. The third kappa shape index (κ3) is 5.11. The average molecular weight is 386 g/mol. The Morgan fingerprint density at radius 3 is 2.63 bits per heavy atom. The number of aromatic nitrogens is 4. The summed E-state index contributed by atoms with van der Waals surface area (Å²) in [5.74, 6) is -0.750. The summed E-state index contributed by atoms with van der Waals surface area (Å²) in [6, 6.07) is 10.0. The van der Waals surface area contributed by atoms with Gasteiger partial charge in [0.05, 0.1) is 17.1 Å². The van der Waals surface area contributed by atoms with Crippen molar-refractivity contribution >= 4 is 29.3 Å². The molecule has 8 nitrogen and oxygen atoms in total. The van der Waals surface area contributed by atoms with Crippen LogP contribution in [0.4, 0.5) is 5.82 Å². The van der Waals surface area contributed by atoms with Crippen molar-refractivity contribution in [1.82, 2.24) is 19.7 Å². The van der Waals surface area contributed by atoms with Crippen molar-refractivity contribution in [3.8, 4) is 0 Å². The van der Waals surface area contributed by atoms with Crippen LogP contribution in [-0.2, 0) is 16.1 Å². The third-order valence-corrected chi connectivity index (χ3v) is 3.86. The number of carbonyl (C=O) groups is 2. The molecule has 27 heavy (non-hydrogen) atoms. The van der Waals surface area contributed by atoms with Crippen molar-refractivity contribution in [2.24, 2.45) is 0 Å². The van der Waals surface area contributed by atoms with Gasteiger partial charge in [-0.05, 0) is 36.8 Å². The Labute approximate surface area is 160 Å². The van der Waals surface area contributed by atoms with Crippen molar-refractivity contribution in [2.45, 2.75) is 19.6 Å². The highest BCUT2D eigenvalue weighted by Gasteiger charge is 2.19. The molecule has 0 bridgehead atoms. The predicted octanol–water partition coefficient (Wildman–Crippen LogP) is 2.56. The maximum absolute atomic E-state index is 12.2. The summed E-state index contributed by atoms with van der Waals surface area (Å²) in [4.78, 5) is 32.2. The van der Waals surface area contributed by atoms with E-state index in [-0.39, 0.29) is 0 Å². The minimum Gasteiger partial charge on any atom is -0.449 e. The van der Waals surface area contributed by atoms with Crippen molar-refractivity contribution in [1.29, 1.82) is 0 Å². The summed E-state index contributed by atoms with van der Waals surface area (Å²) in [5.41, 5.74) is 1.30.